The minimum atomic E-state index is -0.968. The second kappa shape index (κ2) is 3.58. The predicted octanol–water partition coefficient (Wildman–Crippen LogP) is -0.469. The fourth-order valence-corrected chi connectivity index (χ4v) is 0.501. The fourth-order valence-electron chi connectivity index (χ4n) is 0.501. The van der Waals surface area contributed by atoms with Gasteiger partial charge in [0.2, 0.25) is 0 Å². The summed E-state index contributed by atoms with van der Waals surface area (Å²) in [7, 11) is 0. The number of ketones is 1. The Balaban J connectivity index is 3.73. The third kappa shape index (κ3) is 2.58. The molecular weight excluding hydrogens is 118 g/mol. The summed E-state index contributed by atoms with van der Waals surface area (Å²) in [5, 5.41) is 8.82. The molecule has 0 heterocycles. The summed E-state index contributed by atoms with van der Waals surface area (Å²) in [6, 6.07) is 0. The highest BCUT2D eigenvalue weighted by molar-refractivity contribution is 5.84. The zero-order valence-electron chi connectivity index (χ0n) is 5.79. The number of rotatable bonds is 3. The van der Waals surface area contributed by atoms with Gasteiger partial charge < -0.3 is 10.8 Å². The van der Waals surface area contributed by atoms with Gasteiger partial charge in [0.25, 0.3) is 0 Å². The van der Waals surface area contributed by atoms with E-state index >= 15 is 0 Å². The Kier molecular flexibility index (Phi) is 3.42. The van der Waals surface area contributed by atoms with Gasteiger partial charge in [-0.2, -0.15) is 0 Å². The lowest BCUT2D eigenvalue weighted by Gasteiger charge is -2.07. The molecule has 0 aromatic carbocycles. The summed E-state index contributed by atoms with van der Waals surface area (Å²) in [5.41, 5.74) is 5.04. The van der Waals surface area contributed by atoms with Gasteiger partial charge in [0, 0.05) is 12.5 Å². The van der Waals surface area contributed by atoms with Gasteiger partial charge in [-0.05, 0) is 0 Å². The molecule has 9 heavy (non-hydrogen) atoms. The summed E-state index contributed by atoms with van der Waals surface area (Å²) in [6.45, 7) is 3.50. The van der Waals surface area contributed by atoms with E-state index in [4.69, 9.17) is 10.8 Å². The first-order valence-electron chi connectivity index (χ1n) is 3.01. The Labute approximate surface area is 54.9 Å². The van der Waals surface area contributed by atoms with E-state index in [-0.39, 0.29) is 18.2 Å². The van der Waals surface area contributed by atoms with E-state index in [1.54, 1.807) is 13.8 Å². The van der Waals surface area contributed by atoms with E-state index in [9.17, 15) is 4.79 Å². The van der Waals surface area contributed by atoms with Crippen LogP contribution in [0.5, 0.6) is 0 Å². The van der Waals surface area contributed by atoms with Gasteiger partial charge >= 0.3 is 0 Å². The molecule has 3 heteroatoms. The number of carbonyl (C=O) groups is 1. The second-order valence-corrected chi connectivity index (χ2v) is 2.31. The number of aliphatic hydroxyl groups is 1. The average molecular weight is 131 g/mol. The van der Waals surface area contributed by atoms with Crippen molar-refractivity contribution in [1.29, 1.82) is 0 Å². The molecule has 0 saturated heterocycles. The van der Waals surface area contributed by atoms with Crippen LogP contribution < -0.4 is 5.73 Å². The maximum atomic E-state index is 10.7. The molecule has 0 aromatic rings. The SMILES string of the molecule is CC(C)C(=O)[C@@H](O)CN. The first kappa shape index (κ1) is 8.59. The van der Waals surface area contributed by atoms with Crippen LogP contribution in [0.4, 0.5) is 0 Å². The van der Waals surface area contributed by atoms with Crippen LogP contribution in [0.1, 0.15) is 13.8 Å². The molecule has 0 aliphatic heterocycles. The fraction of sp³-hybridized carbons (Fsp3) is 0.833. The molecule has 0 fully saturated rings. The van der Waals surface area contributed by atoms with Gasteiger partial charge in [-0.1, -0.05) is 13.8 Å². The molecule has 0 aliphatic carbocycles. The first-order valence-corrected chi connectivity index (χ1v) is 3.01. The predicted molar refractivity (Wildman–Crippen MR) is 34.9 cm³/mol. The van der Waals surface area contributed by atoms with E-state index in [1.165, 1.54) is 0 Å². The highest BCUT2D eigenvalue weighted by Gasteiger charge is 2.15. The molecule has 54 valence electrons. The average Bonchev–Trinajstić information content (AvgIpc) is 1.84. The molecular formula is C6H13NO2. The summed E-state index contributed by atoms with van der Waals surface area (Å²) in [5.74, 6) is -0.305. The van der Waals surface area contributed by atoms with Gasteiger partial charge in [-0.25, -0.2) is 0 Å². The zero-order chi connectivity index (χ0) is 7.44. The van der Waals surface area contributed by atoms with Crippen LogP contribution in [0.25, 0.3) is 0 Å². The summed E-state index contributed by atoms with van der Waals surface area (Å²) >= 11 is 0. The maximum absolute atomic E-state index is 10.7. The molecule has 0 aliphatic rings. The molecule has 3 nitrogen and oxygen atoms in total. The van der Waals surface area contributed by atoms with Crippen LogP contribution in [0.3, 0.4) is 0 Å². The number of nitrogens with two attached hydrogens (primary N) is 1. The number of hydrogen-bond acceptors (Lipinski definition) is 3. The van der Waals surface area contributed by atoms with Crippen molar-refractivity contribution in [3.05, 3.63) is 0 Å². The standard InChI is InChI=1S/C6H13NO2/c1-4(2)6(9)5(8)3-7/h4-5,8H,3,7H2,1-2H3/t5-/m0/s1. The van der Waals surface area contributed by atoms with Gasteiger partial charge in [0.15, 0.2) is 5.78 Å². The van der Waals surface area contributed by atoms with Crippen molar-refractivity contribution in [1.82, 2.24) is 0 Å². The zero-order valence-corrected chi connectivity index (χ0v) is 5.79. The van der Waals surface area contributed by atoms with Gasteiger partial charge in [0.1, 0.15) is 6.10 Å². The van der Waals surface area contributed by atoms with Crippen molar-refractivity contribution in [2.24, 2.45) is 11.7 Å². The van der Waals surface area contributed by atoms with E-state index < -0.39 is 6.10 Å². The van der Waals surface area contributed by atoms with Gasteiger partial charge in [-0.15, -0.1) is 0 Å². The van der Waals surface area contributed by atoms with Crippen LogP contribution in [-0.4, -0.2) is 23.5 Å². The summed E-state index contributed by atoms with van der Waals surface area (Å²) in [4.78, 5) is 10.7. The van der Waals surface area contributed by atoms with Gasteiger partial charge in [0.05, 0.1) is 0 Å². The second-order valence-electron chi connectivity index (χ2n) is 2.31. The third-order valence-electron chi connectivity index (χ3n) is 1.12. The number of hydrogen-bond donors (Lipinski definition) is 2. The van der Waals surface area contributed by atoms with Crippen molar-refractivity contribution in [3.63, 3.8) is 0 Å². The molecule has 0 amide bonds. The lowest BCUT2D eigenvalue weighted by Crippen LogP contribution is -2.32. The van der Waals surface area contributed by atoms with E-state index in [1.807, 2.05) is 0 Å². The third-order valence-corrected chi connectivity index (χ3v) is 1.12. The molecule has 0 unspecified atom stereocenters. The Morgan fingerprint density at radius 2 is 2.11 bits per heavy atom. The molecule has 0 saturated carbocycles. The van der Waals surface area contributed by atoms with Crippen molar-refractivity contribution >= 4 is 5.78 Å². The van der Waals surface area contributed by atoms with E-state index in [2.05, 4.69) is 0 Å². The van der Waals surface area contributed by atoms with Crippen molar-refractivity contribution in [2.75, 3.05) is 6.54 Å². The van der Waals surface area contributed by atoms with Crippen molar-refractivity contribution in [2.45, 2.75) is 20.0 Å². The Hall–Kier alpha value is -0.410. The highest BCUT2D eigenvalue weighted by Crippen LogP contribution is 1.97. The molecule has 0 aromatic heterocycles. The highest BCUT2D eigenvalue weighted by atomic mass is 16.3. The number of aliphatic hydroxyl groups excluding tert-OH is 1. The van der Waals surface area contributed by atoms with Gasteiger partial charge in [-0.3, -0.25) is 4.79 Å². The minimum absolute atomic E-state index is 0.0248. The first-order chi connectivity index (χ1) is 4.09. The van der Waals surface area contributed by atoms with E-state index in [0.717, 1.165) is 0 Å². The number of carbonyl (C=O) groups excluding carboxylic acids is 1. The lowest BCUT2D eigenvalue weighted by atomic mass is 10.0. The molecule has 3 N–H and O–H groups in total. The molecule has 0 rings (SSSR count). The van der Waals surface area contributed by atoms with Crippen LogP contribution in [-0.2, 0) is 4.79 Å². The Morgan fingerprint density at radius 1 is 1.67 bits per heavy atom. The number of Topliss-reactive ketones (excluding diaryl/α,β-unsaturated/α-hetero) is 1. The quantitative estimate of drug-likeness (QED) is 0.544. The van der Waals surface area contributed by atoms with Crippen molar-refractivity contribution in [3.8, 4) is 0 Å². The largest absolute Gasteiger partial charge is 0.384 e. The topological polar surface area (TPSA) is 63.3 Å². The Morgan fingerprint density at radius 3 is 2.22 bits per heavy atom. The normalized spacial score (nSPS) is 13.9. The van der Waals surface area contributed by atoms with E-state index in [0.29, 0.717) is 0 Å². The van der Waals surface area contributed by atoms with Crippen LogP contribution in [0.2, 0.25) is 0 Å². The molecule has 0 bridgehead atoms. The summed E-state index contributed by atoms with van der Waals surface area (Å²) < 4.78 is 0. The van der Waals surface area contributed by atoms with Crippen LogP contribution in [0.15, 0.2) is 0 Å². The van der Waals surface area contributed by atoms with Crippen LogP contribution >= 0.6 is 0 Å². The smallest absolute Gasteiger partial charge is 0.165 e. The lowest BCUT2D eigenvalue weighted by molar-refractivity contribution is -0.129. The monoisotopic (exact) mass is 131 g/mol. The molecule has 0 radical (unpaired) electrons. The molecule has 0 spiro atoms. The summed E-state index contributed by atoms with van der Waals surface area (Å²) in [6.07, 6.45) is -0.968. The Bertz CT molecular complexity index is 101. The van der Waals surface area contributed by atoms with Crippen molar-refractivity contribution < 1.29 is 9.90 Å². The van der Waals surface area contributed by atoms with Crippen LogP contribution in [0, 0.1) is 5.92 Å². The minimum Gasteiger partial charge on any atom is -0.384 e. The molecule has 1 atom stereocenters. The maximum Gasteiger partial charge on any atom is 0.165 e.